The molecule has 1 unspecified atom stereocenters. The zero-order valence-electron chi connectivity index (χ0n) is 22.8. The number of ether oxygens (including phenoxy) is 3. The molecular formula is C30H33BrN2O6. The molecule has 1 atom stereocenters. The van der Waals surface area contributed by atoms with Crippen molar-refractivity contribution in [2.45, 2.75) is 53.4 Å². The van der Waals surface area contributed by atoms with Gasteiger partial charge >= 0.3 is 5.97 Å². The van der Waals surface area contributed by atoms with E-state index in [0.717, 1.165) is 11.1 Å². The topological polar surface area (TPSA) is 117 Å². The third kappa shape index (κ3) is 6.36. The van der Waals surface area contributed by atoms with E-state index in [1.807, 2.05) is 45.9 Å². The first-order valence-electron chi connectivity index (χ1n) is 12.8. The van der Waals surface area contributed by atoms with E-state index >= 15 is 0 Å². The van der Waals surface area contributed by atoms with Crippen LogP contribution in [0.3, 0.4) is 0 Å². The second kappa shape index (κ2) is 11.3. The summed E-state index contributed by atoms with van der Waals surface area (Å²) >= 11 is 3.49. The molecule has 206 valence electrons. The van der Waals surface area contributed by atoms with E-state index in [2.05, 4.69) is 21.2 Å². The Kier molecular flexibility index (Phi) is 8.20. The van der Waals surface area contributed by atoms with E-state index in [0.29, 0.717) is 39.2 Å². The van der Waals surface area contributed by atoms with Crippen molar-refractivity contribution in [3.63, 3.8) is 0 Å². The van der Waals surface area contributed by atoms with E-state index in [1.165, 1.54) is 0 Å². The molecule has 4 rings (SSSR count). The predicted molar refractivity (Wildman–Crippen MR) is 151 cm³/mol. The quantitative estimate of drug-likeness (QED) is 0.401. The molecule has 9 heteroatoms. The SMILES string of the molecule is CCOC(=O)C1=C(N)OC2=C(C(=O)CC(C)(C)C2)C1c1cc(Br)ccc1OCC(=O)Nc1cc(C)cc(C)c1. The molecule has 3 N–H and O–H groups in total. The highest BCUT2D eigenvalue weighted by Crippen LogP contribution is 2.50. The summed E-state index contributed by atoms with van der Waals surface area (Å²) in [6.07, 6.45) is 0.758. The second-order valence-electron chi connectivity index (χ2n) is 10.7. The fraction of sp³-hybridized carbons (Fsp3) is 0.367. The summed E-state index contributed by atoms with van der Waals surface area (Å²) in [6.45, 7) is 9.40. The molecule has 2 aromatic carbocycles. The number of hydrogen-bond donors (Lipinski definition) is 2. The van der Waals surface area contributed by atoms with Crippen LogP contribution in [0.5, 0.6) is 5.75 Å². The number of hydrogen-bond acceptors (Lipinski definition) is 7. The van der Waals surface area contributed by atoms with Crippen LogP contribution >= 0.6 is 15.9 Å². The summed E-state index contributed by atoms with van der Waals surface area (Å²) < 4.78 is 17.9. The van der Waals surface area contributed by atoms with Gasteiger partial charge in [0.15, 0.2) is 12.4 Å². The number of carbonyl (C=O) groups excluding carboxylic acids is 3. The highest BCUT2D eigenvalue weighted by atomic mass is 79.9. The number of anilines is 1. The van der Waals surface area contributed by atoms with Crippen molar-refractivity contribution < 1.29 is 28.6 Å². The van der Waals surface area contributed by atoms with Gasteiger partial charge in [0.05, 0.1) is 12.5 Å². The number of esters is 1. The maximum absolute atomic E-state index is 13.5. The lowest BCUT2D eigenvalue weighted by Gasteiger charge is -2.38. The summed E-state index contributed by atoms with van der Waals surface area (Å²) in [5.41, 5.74) is 9.58. The Bertz CT molecular complexity index is 1390. The van der Waals surface area contributed by atoms with Crippen LogP contribution in [0.2, 0.25) is 0 Å². The first-order chi connectivity index (χ1) is 18.4. The van der Waals surface area contributed by atoms with Gasteiger partial charge in [-0.1, -0.05) is 35.8 Å². The van der Waals surface area contributed by atoms with Gasteiger partial charge < -0.3 is 25.3 Å². The van der Waals surface area contributed by atoms with Gasteiger partial charge in [-0.3, -0.25) is 9.59 Å². The molecule has 0 spiro atoms. The van der Waals surface area contributed by atoms with Gasteiger partial charge in [0, 0.05) is 34.1 Å². The molecular weight excluding hydrogens is 564 g/mol. The van der Waals surface area contributed by atoms with Crippen molar-refractivity contribution >= 4 is 39.3 Å². The van der Waals surface area contributed by atoms with Gasteiger partial charge in [-0.15, -0.1) is 0 Å². The van der Waals surface area contributed by atoms with Gasteiger partial charge in [0.1, 0.15) is 17.1 Å². The minimum absolute atomic E-state index is 0.0336. The molecule has 0 saturated carbocycles. The largest absolute Gasteiger partial charge is 0.483 e. The fourth-order valence-corrected chi connectivity index (χ4v) is 5.55. The van der Waals surface area contributed by atoms with Gasteiger partial charge in [-0.2, -0.15) is 0 Å². The summed E-state index contributed by atoms with van der Waals surface area (Å²) in [5, 5.41) is 2.86. The molecule has 2 aliphatic rings. The minimum atomic E-state index is -0.883. The van der Waals surface area contributed by atoms with E-state index < -0.39 is 11.9 Å². The molecule has 0 fully saturated rings. The van der Waals surface area contributed by atoms with Crippen molar-refractivity contribution in [2.24, 2.45) is 11.1 Å². The lowest BCUT2D eigenvalue weighted by atomic mass is 9.70. The molecule has 1 amide bonds. The highest BCUT2D eigenvalue weighted by molar-refractivity contribution is 9.10. The zero-order valence-corrected chi connectivity index (χ0v) is 24.4. The summed E-state index contributed by atoms with van der Waals surface area (Å²) in [7, 11) is 0. The Balaban J connectivity index is 1.72. The van der Waals surface area contributed by atoms with E-state index in [9.17, 15) is 14.4 Å². The van der Waals surface area contributed by atoms with Crippen LogP contribution in [0.25, 0.3) is 0 Å². The van der Waals surface area contributed by atoms with Crippen LogP contribution in [-0.4, -0.2) is 30.9 Å². The van der Waals surface area contributed by atoms with E-state index in [-0.39, 0.29) is 48.2 Å². The lowest BCUT2D eigenvalue weighted by molar-refractivity contribution is -0.139. The third-order valence-corrected chi connectivity index (χ3v) is 7.09. The Morgan fingerprint density at radius 2 is 1.82 bits per heavy atom. The standard InChI is InChI=1S/C30H33BrN2O6/c1-6-37-29(36)27-25(26-21(34)13-30(4,5)14-23(26)39-28(27)32)20-12-18(31)7-8-22(20)38-15-24(35)33-19-10-16(2)9-17(3)11-19/h7-12,25H,6,13-15,32H2,1-5H3,(H,33,35). The summed E-state index contributed by atoms with van der Waals surface area (Å²) in [4.78, 5) is 39.4. The first kappa shape index (κ1) is 28.4. The lowest BCUT2D eigenvalue weighted by Crippen LogP contribution is -2.36. The number of carbonyl (C=O) groups is 3. The van der Waals surface area contributed by atoms with Gasteiger partial charge in [0.25, 0.3) is 5.91 Å². The predicted octanol–water partition coefficient (Wildman–Crippen LogP) is 5.57. The molecule has 0 bridgehead atoms. The van der Waals surface area contributed by atoms with Crippen LogP contribution in [0, 0.1) is 19.3 Å². The minimum Gasteiger partial charge on any atom is -0.483 e. The van der Waals surface area contributed by atoms with Gasteiger partial charge in [-0.05, 0) is 67.6 Å². The molecule has 0 radical (unpaired) electrons. The highest BCUT2D eigenvalue weighted by Gasteiger charge is 2.46. The van der Waals surface area contributed by atoms with Crippen LogP contribution in [0.15, 0.2) is 63.7 Å². The number of nitrogens with two attached hydrogens (primary N) is 1. The van der Waals surface area contributed by atoms with Gasteiger partial charge in [0.2, 0.25) is 5.88 Å². The Labute approximate surface area is 236 Å². The molecule has 1 heterocycles. The number of nitrogens with one attached hydrogen (secondary N) is 1. The monoisotopic (exact) mass is 596 g/mol. The number of benzene rings is 2. The molecule has 1 aliphatic carbocycles. The third-order valence-electron chi connectivity index (χ3n) is 6.60. The first-order valence-corrected chi connectivity index (χ1v) is 13.6. The van der Waals surface area contributed by atoms with E-state index in [1.54, 1.807) is 25.1 Å². The van der Waals surface area contributed by atoms with Gasteiger partial charge in [-0.25, -0.2) is 4.79 Å². The number of allylic oxidation sites excluding steroid dienone is 2. The fourth-order valence-electron chi connectivity index (χ4n) is 5.17. The zero-order chi connectivity index (χ0) is 28.5. The number of halogens is 1. The number of Topliss-reactive ketones (excluding diaryl/α,β-unsaturated/α-hetero) is 1. The molecule has 0 saturated heterocycles. The average molecular weight is 598 g/mol. The number of aryl methyl sites for hydroxylation is 2. The smallest absolute Gasteiger partial charge is 0.340 e. The van der Waals surface area contributed by atoms with E-state index in [4.69, 9.17) is 19.9 Å². The maximum Gasteiger partial charge on any atom is 0.340 e. The normalized spacial score (nSPS) is 18.3. The van der Waals surface area contributed by atoms with Crippen LogP contribution in [0.1, 0.15) is 56.2 Å². The molecule has 0 aromatic heterocycles. The van der Waals surface area contributed by atoms with Crippen molar-refractivity contribution in [2.75, 3.05) is 18.5 Å². The molecule has 2 aromatic rings. The second-order valence-corrected chi connectivity index (χ2v) is 11.6. The van der Waals surface area contributed by atoms with Crippen molar-refractivity contribution in [1.29, 1.82) is 0 Å². The van der Waals surface area contributed by atoms with Crippen molar-refractivity contribution in [1.82, 2.24) is 0 Å². The maximum atomic E-state index is 13.5. The average Bonchev–Trinajstić information content (AvgIpc) is 2.81. The number of rotatable bonds is 7. The summed E-state index contributed by atoms with van der Waals surface area (Å²) in [6, 6.07) is 11.0. The van der Waals surface area contributed by atoms with Crippen molar-refractivity contribution in [3.05, 3.63) is 80.3 Å². The van der Waals surface area contributed by atoms with Crippen LogP contribution < -0.4 is 15.8 Å². The van der Waals surface area contributed by atoms with Crippen LogP contribution in [-0.2, 0) is 23.9 Å². The van der Waals surface area contributed by atoms with Crippen molar-refractivity contribution in [3.8, 4) is 5.75 Å². The van der Waals surface area contributed by atoms with Crippen LogP contribution in [0.4, 0.5) is 5.69 Å². The Morgan fingerprint density at radius 3 is 2.49 bits per heavy atom. The number of amides is 1. The number of ketones is 1. The summed E-state index contributed by atoms with van der Waals surface area (Å²) in [5.74, 6) is -1.39. The molecule has 8 nitrogen and oxygen atoms in total. The Morgan fingerprint density at radius 1 is 1.13 bits per heavy atom. The molecule has 1 aliphatic heterocycles. The molecule has 39 heavy (non-hydrogen) atoms. The Hall–Kier alpha value is -3.59.